The van der Waals surface area contributed by atoms with Gasteiger partial charge in [-0.25, -0.2) is 0 Å². The number of hydrogen-bond donors (Lipinski definition) is 3. The fraction of sp³-hybridized carbons (Fsp3) is 0. The number of aromatic nitrogens is 6. The number of para-hydroxylation sites is 5. The van der Waals surface area contributed by atoms with E-state index in [-0.39, 0.29) is 0 Å². The Kier molecular flexibility index (Phi) is 5.30. The van der Waals surface area contributed by atoms with Gasteiger partial charge in [-0.2, -0.15) is 30.8 Å². The van der Waals surface area contributed by atoms with Gasteiger partial charge in [-0.15, -0.1) is 0 Å². The molecular formula is C18H16N6O. The van der Waals surface area contributed by atoms with Crippen LogP contribution < -0.4 is 0 Å². The first-order chi connectivity index (χ1) is 12.3. The van der Waals surface area contributed by atoms with Crippen molar-refractivity contribution in [3.63, 3.8) is 0 Å². The Bertz CT molecular complexity index is 899. The van der Waals surface area contributed by atoms with Crippen molar-refractivity contribution in [1.82, 2.24) is 30.8 Å². The van der Waals surface area contributed by atoms with E-state index >= 15 is 0 Å². The highest BCUT2D eigenvalue weighted by Crippen LogP contribution is 2.04. The molecule has 5 aromatic rings. The molecule has 2 heterocycles. The van der Waals surface area contributed by atoms with Gasteiger partial charge >= 0.3 is 0 Å². The molecule has 0 aliphatic heterocycles. The van der Waals surface area contributed by atoms with Crippen molar-refractivity contribution in [2.24, 2.45) is 0 Å². The second kappa shape index (κ2) is 8.21. The standard InChI is InChI=1S/2C6H5N3.C6H6O/c2*1-2-4-6-5(3-1)7-9-8-6;7-6-4-2-1-3-5-6/h2*1-4H,(H,7,8,9);1-5,7H. The SMILES string of the molecule is Oc1ccccc1.c1ccc2n[nH]nc2c1.c1ccc2n[nH]nc2c1. The molecule has 2 aromatic heterocycles. The number of nitrogens with one attached hydrogen (secondary N) is 2. The van der Waals surface area contributed by atoms with Crippen LogP contribution in [0.1, 0.15) is 0 Å². The maximum atomic E-state index is 8.63. The molecule has 0 spiro atoms. The smallest absolute Gasteiger partial charge is 0.115 e. The maximum absolute atomic E-state index is 8.63. The fourth-order valence-electron chi connectivity index (χ4n) is 2.00. The fourth-order valence-corrected chi connectivity index (χ4v) is 2.00. The van der Waals surface area contributed by atoms with Crippen LogP contribution in [-0.2, 0) is 0 Å². The highest BCUT2D eigenvalue weighted by molar-refractivity contribution is 5.73. The van der Waals surface area contributed by atoms with E-state index in [1.165, 1.54) is 0 Å². The third kappa shape index (κ3) is 4.61. The zero-order valence-electron chi connectivity index (χ0n) is 13.2. The van der Waals surface area contributed by atoms with Gasteiger partial charge in [0.2, 0.25) is 0 Å². The lowest BCUT2D eigenvalue weighted by Crippen LogP contribution is -1.63. The summed E-state index contributed by atoms with van der Waals surface area (Å²) in [5, 5.41) is 29.2. The predicted molar refractivity (Wildman–Crippen MR) is 95.9 cm³/mol. The zero-order valence-corrected chi connectivity index (χ0v) is 13.2. The van der Waals surface area contributed by atoms with Crippen LogP contribution in [0.2, 0.25) is 0 Å². The van der Waals surface area contributed by atoms with E-state index in [9.17, 15) is 0 Å². The molecule has 25 heavy (non-hydrogen) atoms. The average Bonchev–Trinajstić information content (AvgIpc) is 3.32. The molecule has 0 unspecified atom stereocenters. The first-order valence-corrected chi connectivity index (χ1v) is 7.58. The van der Waals surface area contributed by atoms with Crippen molar-refractivity contribution in [3.05, 3.63) is 78.9 Å². The Labute approximate surface area is 143 Å². The van der Waals surface area contributed by atoms with Crippen LogP contribution in [0.4, 0.5) is 0 Å². The topological polar surface area (TPSA) is 103 Å². The molecule has 124 valence electrons. The van der Waals surface area contributed by atoms with E-state index in [2.05, 4.69) is 30.8 Å². The van der Waals surface area contributed by atoms with Crippen LogP contribution in [0.15, 0.2) is 78.9 Å². The van der Waals surface area contributed by atoms with E-state index in [1.54, 1.807) is 24.3 Å². The number of aromatic amines is 2. The van der Waals surface area contributed by atoms with Crippen molar-refractivity contribution in [1.29, 1.82) is 0 Å². The van der Waals surface area contributed by atoms with Gasteiger partial charge in [0.05, 0.1) is 0 Å². The summed E-state index contributed by atoms with van der Waals surface area (Å²) in [5.41, 5.74) is 3.66. The van der Waals surface area contributed by atoms with Gasteiger partial charge in [-0.3, -0.25) is 0 Å². The molecule has 0 atom stereocenters. The third-order valence-electron chi connectivity index (χ3n) is 3.20. The summed E-state index contributed by atoms with van der Waals surface area (Å²) >= 11 is 0. The summed E-state index contributed by atoms with van der Waals surface area (Å²) in [6.45, 7) is 0. The Balaban J connectivity index is 0.000000111. The molecular weight excluding hydrogens is 316 g/mol. The van der Waals surface area contributed by atoms with Crippen molar-refractivity contribution < 1.29 is 5.11 Å². The van der Waals surface area contributed by atoms with Crippen LogP contribution in [0.5, 0.6) is 5.75 Å². The second-order valence-corrected chi connectivity index (χ2v) is 4.96. The van der Waals surface area contributed by atoms with Crippen molar-refractivity contribution >= 4 is 22.1 Å². The molecule has 0 amide bonds. The number of hydrogen-bond acceptors (Lipinski definition) is 5. The monoisotopic (exact) mass is 332 g/mol. The number of H-pyrrole nitrogens is 2. The van der Waals surface area contributed by atoms with Gasteiger partial charge in [-0.1, -0.05) is 42.5 Å². The average molecular weight is 332 g/mol. The number of benzene rings is 3. The molecule has 0 saturated carbocycles. The number of nitrogens with zero attached hydrogens (tertiary/aromatic N) is 4. The minimum absolute atomic E-state index is 0.322. The molecule has 3 aromatic carbocycles. The number of rotatable bonds is 0. The molecule has 0 saturated heterocycles. The van der Waals surface area contributed by atoms with E-state index in [0.29, 0.717) is 5.75 Å². The number of fused-ring (bicyclic) bond motifs is 2. The minimum atomic E-state index is 0.322. The van der Waals surface area contributed by atoms with E-state index in [4.69, 9.17) is 5.11 Å². The minimum Gasteiger partial charge on any atom is -0.508 e. The molecule has 0 aliphatic rings. The van der Waals surface area contributed by atoms with Crippen LogP contribution in [0, 0.1) is 0 Å². The van der Waals surface area contributed by atoms with Gasteiger partial charge < -0.3 is 5.11 Å². The molecule has 5 rings (SSSR count). The summed E-state index contributed by atoms with van der Waals surface area (Å²) in [6.07, 6.45) is 0. The predicted octanol–water partition coefficient (Wildman–Crippen LogP) is 3.31. The number of aromatic hydroxyl groups is 1. The Morgan fingerprint density at radius 2 is 0.800 bits per heavy atom. The van der Waals surface area contributed by atoms with Crippen molar-refractivity contribution in [2.75, 3.05) is 0 Å². The zero-order chi connectivity index (χ0) is 17.3. The molecule has 7 heteroatoms. The summed E-state index contributed by atoms with van der Waals surface area (Å²) in [4.78, 5) is 0. The number of phenols is 1. The van der Waals surface area contributed by atoms with Gasteiger partial charge in [0, 0.05) is 0 Å². The van der Waals surface area contributed by atoms with Crippen LogP contribution in [-0.4, -0.2) is 35.9 Å². The Morgan fingerprint density at radius 3 is 1.08 bits per heavy atom. The quantitative estimate of drug-likeness (QED) is 0.404. The van der Waals surface area contributed by atoms with Crippen LogP contribution in [0.25, 0.3) is 22.1 Å². The molecule has 0 fully saturated rings. The molecule has 3 N–H and O–H groups in total. The summed E-state index contributed by atoms with van der Waals surface area (Å²) in [7, 11) is 0. The first-order valence-electron chi connectivity index (χ1n) is 7.58. The van der Waals surface area contributed by atoms with Crippen LogP contribution in [0.3, 0.4) is 0 Å². The largest absolute Gasteiger partial charge is 0.508 e. The molecule has 0 bridgehead atoms. The molecule has 7 nitrogen and oxygen atoms in total. The first kappa shape index (κ1) is 16.1. The normalized spacial score (nSPS) is 9.76. The lowest BCUT2D eigenvalue weighted by molar-refractivity contribution is 0.475. The highest BCUT2D eigenvalue weighted by Gasteiger charge is 1.91. The van der Waals surface area contributed by atoms with Gasteiger partial charge in [0.25, 0.3) is 0 Å². The summed E-state index contributed by atoms with van der Waals surface area (Å²) in [6, 6.07) is 24.1. The summed E-state index contributed by atoms with van der Waals surface area (Å²) in [5.74, 6) is 0.322. The third-order valence-corrected chi connectivity index (χ3v) is 3.20. The summed E-state index contributed by atoms with van der Waals surface area (Å²) < 4.78 is 0. The van der Waals surface area contributed by atoms with E-state index in [0.717, 1.165) is 22.1 Å². The maximum Gasteiger partial charge on any atom is 0.115 e. The highest BCUT2D eigenvalue weighted by atomic mass is 16.3. The Morgan fingerprint density at radius 1 is 0.480 bits per heavy atom. The van der Waals surface area contributed by atoms with Crippen molar-refractivity contribution in [2.45, 2.75) is 0 Å². The van der Waals surface area contributed by atoms with Gasteiger partial charge in [0.15, 0.2) is 0 Å². The van der Waals surface area contributed by atoms with Crippen LogP contribution >= 0.6 is 0 Å². The molecule has 0 radical (unpaired) electrons. The van der Waals surface area contributed by atoms with E-state index in [1.807, 2.05) is 54.6 Å². The molecule has 0 aliphatic carbocycles. The number of phenolic OH excluding ortho intramolecular Hbond substituents is 1. The van der Waals surface area contributed by atoms with Gasteiger partial charge in [-0.05, 0) is 36.4 Å². The second-order valence-electron chi connectivity index (χ2n) is 4.96. The van der Waals surface area contributed by atoms with E-state index < -0.39 is 0 Å². The lowest BCUT2D eigenvalue weighted by Gasteiger charge is -1.82. The lowest BCUT2D eigenvalue weighted by atomic mass is 10.3. The Hall–Kier alpha value is -3.74. The van der Waals surface area contributed by atoms with Gasteiger partial charge in [0.1, 0.15) is 27.8 Å². The van der Waals surface area contributed by atoms with Crippen molar-refractivity contribution in [3.8, 4) is 5.75 Å².